The van der Waals surface area contributed by atoms with E-state index in [2.05, 4.69) is 21.2 Å². The molecule has 0 aliphatic heterocycles. The van der Waals surface area contributed by atoms with Gasteiger partial charge in [-0.25, -0.2) is 0 Å². The standard InChI is InChI=1S/C16H13BrN2O3/c1-11-6-8-13(19(21)22)10-15(11)18-16(20)9-7-12-4-2-3-5-14(12)17/h2-10H,1H3,(H,18,20)/b9-7+. The Morgan fingerprint density at radius 1 is 1.27 bits per heavy atom. The fourth-order valence-corrected chi connectivity index (χ4v) is 2.23. The number of amides is 1. The van der Waals surface area contributed by atoms with Crippen molar-refractivity contribution in [2.75, 3.05) is 5.32 Å². The third-order valence-electron chi connectivity index (χ3n) is 3.01. The van der Waals surface area contributed by atoms with E-state index in [0.29, 0.717) is 5.69 Å². The van der Waals surface area contributed by atoms with Crippen molar-refractivity contribution >= 4 is 39.3 Å². The van der Waals surface area contributed by atoms with Gasteiger partial charge in [-0.2, -0.15) is 0 Å². The van der Waals surface area contributed by atoms with Crippen LogP contribution in [0.3, 0.4) is 0 Å². The van der Waals surface area contributed by atoms with Gasteiger partial charge in [-0.3, -0.25) is 14.9 Å². The summed E-state index contributed by atoms with van der Waals surface area (Å²) < 4.78 is 0.880. The van der Waals surface area contributed by atoms with Gasteiger partial charge in [0, 0.05) is 22.7 Å². The van der Waals surface area contributed by atoms with Crippen molar-refractivity contribution in [3.8, 4) is 0 Å². The summed E-state index contributed by atoms with van der Waals surface area (Å²) in [6.45, 7) is 1.77. The van der Waals surface area contributed by atoms with E-state index in [1.54, 1.807) is 19.1 Å². The van der Waals surface area contributed by atoms with Gasteiger partial charge in [-0.15, -0.1) is 0 Å². The average molecular weight is 361 g/mol. The molecule has 1 amide bonds. The average Bonchev–Trinajstić information content (AvgIpc) is 2.48. The number of nitrogens with one attached hydrogen (secondary N) is 1. The molecule has 0 saturated heterocycles. The fraction of sp³-hybridized carbons (Fsp3) is 0.0625. The number of carbonyl (C=O) groups excluding carboxylic acids is 1. The van der Waals surface area contributed by atoms with E-state index >= 15 is 0 Å². The van der Waals surface area contributed by atoms with Crippen LogP contribution in [0.1, 0.15) is 11.1 Å². The number of rotatable bonds is 4. The third kappa shape index (κ3) is 4.02. The van der Waals surface area contributed by atoms with Gasteiger partial charge in [-0.1, -0.05) is 40.2 Å². The smallest absolute Gasteiger partial charge is 0.271 e. The monoisotopic (exact) mass is 360 g/mol. The summed E-state index contributed by atoms with van der Waals surface area (Å²) in [7, 11) is 0. The Bertz CT molecular complexity index is 757. The summed E-state index contributed by atoms with van der Waals surface area (Å²) in [4.78, 5) is 22.2. The molecule has 6 heteroatoms. The Morgan fingerprint density at radius 2 is 2.00 bits per heavy atom. The van der Waals surface area contributed by atoms with Gasteiger partial charge in [0.15, 0.2) is 0 Å². The lowest BCUT2D eigenvalue weighted by Gasteiger charge is -2.06. The molecule has 112 valence electrons. The van der Waals surface area contributed by atoms with E-state index in [4.69, 9.17) is 0 Å². The van der Waals surface area contributed by atoms with Crippen molar-refractivity contribution in [2.45, 2.75) is 6.92 Å². The first-order valence-electron chi connectivity index (χ1n) is 6.46. The Kier molecular flexibility index (Phi) is 5.06. The normalized spacial score (nSPS) is 10.6. The van der Waals surface area contributed by atoms with Gasteiger partial charge in [0.2, 0.25) is 5.91 Å². The second-order valence-electron chi connectivity index (χ2n) is 4.60. The van der Waals surface area contributed by atoms with Crippen LogP contribution in [0, 0.1) is 17.0 Å². The van der Waals surface area contributed by atoms with Crippen LogP contribution in [0.15, 0.2) is 53.0 Å². The molecule has 0 radical (unpaired) electrons. The summed E-state index contributed by atoms with van der Waals surface area (Å²) in [5.41, 5.74) is 1.99. The van der Waals surface area contributed by atoms with Crippen molar-refractivity contribution < 1.29 is 9.72 Å². The minimum Gasteiger partial charge on any atom is -0.322 e. The molecule has 0 saturated carbocycles. The predicted octanol–water partition coefficient (Wildman–Crippen LogP) is 4.32. The number of halogens is 1. The number of hydrogen-bond donors (Lipinski definition) is 1. The van der Waals surface area contributed by atoms with E-state index in [1.165, 1.54) is 18.2 Å². The van der Waals surface area contributed by atoms with E-state index in [0.717, 1.165) is 15.6 Å². The molecule has 0 atom stereocenters. The van der Waals surface area contributed by atoms with Gasteiger partial charge in [0.05, 0.1) is 10.6 Å². The van der Waals surface area contributed by atoms with E-state index in [1.807, 2.05) is 24.3 Å². The highest BCUT2D eigenvalue weighted by molar-refractivity contribution is 9.10. The number of nitro groups is 1. The minimum atomic E-state index is -0.494. The molecule has 0 heterocycles. The Hall–Kier alpha value is -2.47. The predicted molar refractivity (Wildman–Crippen MR) is 89.6 cm³/mol. The topological polar surface area (TPSA) is 72.2 Å². The molecule has 2 aromatic rings. The summed E-state index contributed by atoms with van der Waals surface area (Å²) in [6.07, 6.45) is 3.06. The van der Waals surface area contributed by atoms with Crippen molar-refractivity contribution in [3.05, 3.63) is 74.3 Å². The number of non-ortho nitro benzene ring substituents is 1. The van der Waals surface area contributed by atoms with Gasteiger partial charge in [-0.05, 0) is 30.2 Å². The van der Waals surface area contributed by atoms with Crippen molar-refractivity contribution in [2.24, 2.45) is 0 Å². The molecule has 0 aliphatic rings. The maximum Gasteiger partial charge on any atom is 0.271 e. The molecule has 2 aromatic carbocycles. The van der Waals surface area contributed by atoms with Crippen LogP contribution < -0.4 is 5.32 Å². The van der Waals surface area contributed by atoms with Crippen LogP contribution in [-0.2, 0) is 4.79 Å². The second-order valence-corrected chi connectivity index (χ2v) is 5.45. The van der Waals surface area contributed by atoms with Gasteiger partial charge < -0.3 is 5.32 Å². The maximum absolute atomic E-state index is 11.9. The molecule has 5 nitrogen and oxygen atoms in total. The van der Waals surface area contributed by atoms with Crippen LogP contribution in [-0.4, -0.2) is 10.8 Å². The molecular formula is C16H13BrN2O3. The zero-order chi connectivity index (χ0) is 16.1. The summed E-state index contributed by atoms with van der Waals surface area (Å²) >= 11 is 3.39. The first-order valence-corrected chi connectivity index (χ1v) is 7.25. The number of aryl methyl sites for hydroxylation is 1. The molecule has 0 fully saturated rings. The molecule has 0 unspecified atom stereocenters. The molecule has 0 bridgehead atoms. The van der Waals surface area contributed by atoms with Crippen LogP contribution in [0.2, 0.25) is 0 Å². The number of benzene rings is 2. The molecule has 22 heavy (non-hydrogen) atoms. The Morgan fingerprint density at radius 3 is 2.68 bits per heavy atom. The molecule has 0 spiro atoms. The summed E-state index contributed by atoms with van der Waals surface area (Å²) in [5.74, 6) is -0.348. The molecule has 2 rings (SSSR count). The first kappa shape index (κ1) is 15.9. The van der Waals surface area contributed by atoms with E-state index in [9.17, 15) is 14.9 Å². The van der Waals surface area contributed by atoms with Crippen LogP contribution >= 0.6 is 15.9 Å². The molecular weight excluding hydrogens is 348 g/mol. The molecule has 0 aromatic heterocycles. The summed E-state index contributed by atoms with van der Waals surface area (Å²) in [6, 6.07) is 11.8. The fourth-order valence-electron chi connectivity index (χ4n) is 1.81. The van der Waals surface area contributed by atoms with E-state index < -0.39 is 4.92 Å². The zero-order valence-electron chi connectivity index (χ0n) is 11.7. The molecule has 0 aliphatic carbocycles. The van der Waals surface area contributed by atoms with E-state index in [-0.39, 0.29) is 11.6 Å². The number of nitrogens with zero attached hydrogens (tertiary/aromatic N) is 1. The number of nitro benzene ring substituents is 1. The minimum absolute atomic E-state index is 0.0596. The maximum atomic E-state index is 11.9. The van der Waals surface area contributed by atoms with Gasteiger partial charge in [0.25, 0.3) is 5.69 Å². The largest absolute Gasteiger partial charge is 0.322 e. The van der Waals surface area contributed by atoms with Gasteiger partial charge >= 0.3 is 0 Å². The van der Waals surface area contributed by atoms with Crippen LogP contribution in [0.4, 0.5) is 11.4 Å². The van der Waals surface area contributed by atoms with Crippen LogP contribution in [0.5, 0.6) is 0 Å². The number of carbonyl (C=O) groups is 1. The quantitative estimate of drug-likeness (QED) is 0.501. The number of anilines is 1. The molecule has 1 N–H and O–H groups in total. The van der Waals surface area contributed by atoms with Crippen molar-refractivity contribution in [1.29, 1.82) is 0 Å². The highest BCUT2D eigenvalue weighted by Gasteiger charge is 2.09. The lowest BCUT2D eigenvalue weighted by molar-refractivity contribution is -0.384. The second kappa shape index (κ2) is 7.00. The zero-order valence-corrected chi connectivity index (χ0v) is 13.3. The third-order valence-corrected chi connectivity index (χ3v) is 3.73. The Balaban J connectivity index is 2.14. The lowest BCUT2D eigenvalue weighted by atomic mass is 10.1. The SMILES string of the molecule is Cc1ccc([N+](=O)[O-])cc1NC(=O)/C=C/c1ccccc1Br. The van der Waals surface area contributed by atoms with Crippen molar-refractivity contribution in [3.63, 3.8) is 0 Å². The summed E-state index contributed by atoms with van der Waals surface area (Å²) in [5, 5.41) is 13.4. The Labute approximate surface area is 135 Å². The van der Waals surface area contributed by atoms with Crippen LogP contribution in [0.25, 0.3) is 6.08 Å². The highest BCUT2D eigenvalue weighted by atomic mass is 79.9. The highest BCUT2D eigenvalue weighted by Crippen LogP contribution is 2.22. The lowest BCUT2D eigenvalue weighted by Crippen LogP contribution is -2.09. The number of hydrogen-bond acceptors (Lipinski definition) is 3. The van der Waals surface area contributed by atoms with Crippen molar-refractivity contribution in [1.82, 2.24) is 0 Å². The van der Waals surface area contributed by atoms with Gasteiger partial charge in [0.1, 0.15) is 0 Å². The first-order chi connectivity index (χ1) is 10.5.